The first kappa shape index (κ1) is 10.0. The lowest BCUT2D eigenvalue weighted by Gasteiger charge is -2.20. The summed E-state index contributed by atoms with van der Waals surface area (Å²) < 4.78 is 5.79. The van der Waals surface area contributed by atoms with Crippen LogP contribution in [0.3, 0.4) is 0 Å². The number of hydrogen-bond donors (Lipinski definition) is 0. The molecule has 0 bridgehead atoms. The van der Waals surface area contributed by atoms with Gasteiger partial charge in [0.2, 0.25) is 0 Å². The molecule has 1 aliphatic rings. The summed E-state index contributed by atoms with van der Waals surface area (Å²) in [6.45, 7) is 11.3. The van der Waals surface area contributed by atoms with E-state index < -0.39 is 0 Å². The average molecular weight is 170 g/mol. The van der Waals surface area contributed by atoms with Gasteiger partial charge in [0, 0.05) is 0 Å². The molecule has 1 aliphatic heterocycles. The van der Waals surface area contributed by atoms with E-state index in [0.29, 0.717) is 12.2 Å². The van der Waals surface area contributed by atoms with E-state index >= 15 is 0 Å². The Morgan fingerprint density at radius 1 is 1.08 bits per heavy atom. The molecule has 1 saturated heterocycles. The first-order valence-corrected chi connectivity index (χ1v) is 5.17. The van der Waals surface area contributed by atoms with Crippen LogP contribution in [0.15, 0.2) is 0 Å². The van der Waals surface area contributed by atoms with Crippen LogP contribution in [0.25, 0.3) is 0 Å². The molecule has 0 aromatic rings. The Kier molecular flexibility index (Phi) is 3.16. The van der Waals surface area contributed by atoms with Crippen LogP contribution in [0.5, 0.6) is 0 Å². The summed E-state index contributed by atoms with van der Waals surface area (Å²) in [5, 5.41) is 0. The standard InChI is InChI=1S/C11H22O/c1-7(2)6-11-8(3)9(4)12-10(11)5/h7-11H,6H2,1-5H3/t8-,9+,10-,11?/m1/s1. The van der Waals surface area contributed by atoms with Crippen LogP contribution in [0.2, 0.25) is 0 Å². The molecule has 4 atom stereocenters. The molecule has 1 fully saturated rings. The van der Waals surface area contributed by atoms with Gasteiger partial charge in [-0.05, 0) is 38.0 Å². The predicted molar refractivity (Wildman–Crippen MR) is 52.1 cm³/mol. The molecule has 1 rings (SSSR count). The van der Waals surface area contributed by atoms with Gasteiger partial charge >= 0.3 is 0 Å². The van der Waals surface area contributed by atoms with Gasteiger partial charge in [0.05, 0.1) is 12.2 Å². The highest BCUT2D eigenvalue weighted by Crippen LogP contribution is 2.36. The third-order valence-electron chi connectivity index (χ3n) is 3.19. The number of ether oxygens (including phenoxy) is 1. The minimum Gasteiger partial charge on any atom is -0.375 e. The van der Waals surface area contributed by atoms with E-state index in [1.54, 1.807) is 0 Å². The summed E-state index contributed by atoms with van der Waals surface area (Å²) in [4.78, 5) is 0. The van der Waals surface area contributed by atoms with Gasteiger partial charge in [-0.1, -0.05) is 20.8 Å². The van der Waals surface area contributed by atoms with Crippen molar-refractivity contribution in [3.63, 3.8) is 0 Å². The smallest absolute Gasteiger partial charge is 0.0582 e. The van der Waals surface area contributed by atoms with Gasteiger partial charge in [-0.3, -0.25) is 0 Å². The molecule has 1 nitrogen and oxygen atoms in total. The van der Waals surface area contributed by atoms with E-state index in [-0.39, 0.29) is 0 Å². The van der Waals surface area contributed by atoms with Crippen LogP contribution in [-0.4, -0.2) is 12.2 Å². The molecular weight excluding hydrogens is 148 g/mol. The molecule has 1 unspecified atom stereocenters. The summed E-state index contributed by atoms with van der Waals surface area (Å²) in [6, 6.07) is 0. The van der Waals surface area contributed by atoms with Crippen LogP contribution in [0.1, 0.15) is 41.0 Å². The second-order valence-electron chi connectivity index (χ2n) is 4.70. The SMILES string of the molecule is CC(C)CC1[C@@H](C)O[C@@H](C)[C@H]1C. The van der Waals surface area contributed by atoms with Gasteiger partial charge in [0.25, 0.3) is 0 Å². The normalized spacial score (nSPS) is 42.5. The molecule has 0 saturated carbocycles. The van der Waals surface area contributed by atoms with Crippen molar-refractivity contribution in [1.29, 1.82) is 0 Å². The zero-order valence-corrected chi connectivity index (χ0v) is 9.00. The number of hydrogen-bond acceptors (Lipinski definition) is 1. The van der Waals surface area contributed by atoms with Crippen LogP contribution >= 0.6 is 0 Å². The zero-order chi connectivity index (χ0) is 9.30. The van der Waals surface area contributed by atoms with Crippen molar-refractivity contribution in [3.05, 3.63) is 0 Å². The second-order valence-corrected chi connectivity index (χ2v) is 4.70. The van der Waals surface area contributed by atoms with Crippen molar-refractivity contribution in [2.75, 3.05) is 0 Å². The van der Waals surface area contributed by atoms with E-state index in [4.69, 9.17) is 4.74 Å². The van der Waals surface area contributed by atoms with Crippen molar-refractivity contribution < 1.29 is 4.74 Å². The fourth-order valence-corrected chi connectivity index (χ4v) is 2.29. The topological polar surface area (TPSA) is 9.23 Å². The Hall–Kier alpha value is -0.0400. The summed E-state index contributed by atoms with van der Waals surface area (Å²) >= 11 is 0. The van der Waals surface area contributed by atoms with Gasteiger partial charge in [-0.2, -0.15) is 0 Å². The van der Waals surface area contributed by atoms with Crippen molar-refractivity contribution in [3.8, 4) is 0 Å². The maximum atomic E-state index is 5.79. The largest absolute Gasteiger partial charge is 0.375 e. The van der Waals surface area contributed by atoms with E-state index in [2.05, 4.69) is 34.6 Å². The lowest BCUT2D eigenvalue weighted by atomic mass is 9.83. The minimum absolute atomic E-state index is 0.462. The van der Waals surface area contributed by atoms with E-state index in [9.17, 15) is 0 Å². The highest BCUT2D eigenvalue weighted by Gasteiger charge is 2.36. The molecule has 0 aromatic heterocycles. The quantitative estimate of drug-likeness (QED) is 0.619. The fourth-order valence-electron chi connectivity index (χ4n) is 2.29. The predicted octanol–water partition coefficient (Wildman–Crippen LogP) is 3.09. The maximum Gasteiger partial charge on any atom is 0.0582 e. The number of rotatable bonds is 2. The molecule has 12 heavy (non-hydrogen) atoms. The minimum atomic E-state index is 0.462. The van der Waals surface area contributed by atoms with Crippen LogP contribution in [-0.2, 0) is 4.74 Å². The van der Waals surface area contributed by atoms with Gasteiger partial charge in [-0.25, -0.2) is 0 Å². The van der Waals surface area contributed by atoms with Crippen molar-refractivity contribution in [2.45, 2.75) is 53.2 Å². The Morgan fingerprint density at radius 2 is 1.67 bits per heavy atom. The first-order chi connectivity index (χ1) is 5.52. The van der Waals surface area contributed by atoms with Gasteiger partial charge in [0.15, 0.2) is 0 Å². The summed E-state index contributed by atoms with van der Waals surface area (Å²) in [5.41, 5.74) is 0. The average Bonchev–Trinajstić information content (AvgIpc) is 2.16. The molecule has 72 valence electrons. The molecule has 1 heterocycles. The maximum absolute atomic E-state index is 5.79. The summed E-state index contributed by atoms with van der Waals surface area (Å²) in [6.07, 6.45) is 2.24. The van der Waals surface area contributed by atoms with E-state index in [0.717, 1.165) is 17.8 Å². The Labute approximate surface area is 76.5 Å². The molecule has 0 N–H and O–H groups in total. The molecule has 0 aromatic carbocycles. The highest BCUT2D eigenvalue weighted by atomic mass is 16.5. The third kappa shape index (κ3) is 2.01. The monoisotopic (exact) mass is 170 g/mol. The van der Waals surface area contributed by atoms with Crippen LogP contribution < -0.4 is 0 Å². The van der Waals surface area contributed by atoms with Gasteiger partial charge < -0.3 is 4.74 Å². The van der Waals surface area contributed by atoms with Gasteiger partial charge in [0.1, 0.15) is 0 Å². The Balaban J connectivity index is 2.51. The van der Waals surface area contributed by atoms with Gasteiger partial charge in [-0.15, -0.1) is 0 Å². The summed E-state index contributed by atoms with van der Waals surface area (Å²) in [7, 11) is 0. The van der Waals surface area contributed by atoms with Crippen LogP contribution in [0.4, 0.5) is 0 Å². The molecule has 0 radical (unpaired) electrons. The third-order valence-corrected chi connectivity index (χ3v) is 3.19. The highest BCUT2D eigenvalue weighted by molar-refractivity contribution is 4.84. The summed E-state index contributed by atoms with van der Waals surface area (Å²) in [5.74, 6) is 2.32. The lowest BCUT2D eigenvalue weighted by molar-refractivity contribution is 0.0494. The zero-order valence-electron chi connectivity index (χ0n) is 9.00. The van der Waals surface area contributed by atoms with Crippen LogP contribution in [0, 0.1) is 17.8 Å². The fraction of sp³-hybridized carbons (Fsp3) is 1.00. The Bertz CT molecular complexity index is 142. The lowest BCUT2D eigenvalue weighted by Crippen LogP contribution is -2.19. The molecule has 1 heteroatoms. The molecular formula is C11H22O. The van der Waals surface area contributed by atoms with E-state index in [1.807, 2.05) is 0 Å². The molecule has 0 spiro atoms. The first-order valence-electron chi connectivity index (χ1n) is 5.17. The second kappa shape index (κ2) is 3.78. The van der Waals surface area contributed by atoms with E-state index in [1.165, 1.54) is 6.42 Å². The van der Waals surface area contributed by atoms with Crippen molar-refractivity contribution in [2.24, 2.45) is 17.8 Å². The molecule has 0 aliphatic carbocycles. The molecule has 0 amide bonds. The van der Waals surface area contributed by atoms with Crippen molar-refractivity contribution >= 4 is 0 Å². The van der Waals surface area contributed by atoms with Crippen molar-refractivity contribution in [1.82, 2.24) is 0 Å². The Morgan fingerprint density at radius 3 is 2.00 bits per heavy atom.